The Bertz CT molecular complexity index is 1090. The van der Waals surface area contributed by atoms with E-state index in [1.165, 1.54) is 4.90 Å². The van der Waals surface area contributed by atoms with Gasteiger partial charge in [-0.05, 0) is 69.7 Å². The van der Waals surface area contributed by atoms with Gasteiger partial charge in [0.05, 0.1) is 0 Å². The second kappa shape index (κ2) is 9.36. The number of carbonyl (C=O) groups is 3. The van der Waals surface area contributed by atoms with Crippen LogP contribution in [0.1, 0.15) is 64.5 Å². The molecule has 1 saturated heterocycles. The van der Waals surface area contributed by atoms with E-state index in [0.717, 1.165) is 22.3 Å². The van der Waals surface area contributed by atoms with Crippen LogP contribution in [0, 0.1) is 0 Å². The predicted molar refractivity (Wildman–Crippen MR) is 133 cm³/mol. The Morgan fingerprint density at radius 1 is 0.943 bits per heavy atom. The zero-order valence-electron chi connectivity index (χ0n) is 21.1. The zero-order chi connectivity index (χ0) is 25.4. The van der Waals surface area contributed by atoms with E-state index in [4.69, 9.17) is 9.47 Å². The summed E-state index contributed by atoms with van der Waals surface area (Å²) >= 11 is 0. The molecule has 7 heteroatoms. The van der Waals surface area contributed by atoms with Gasteiger partial charge in [-0.25, -0.2) is 9.59 Å². The molecule has 0 unspecified atom stereocenters. The van der Waals surface area contributed by atoms with E-state index in [1.807, 2.05) is 24.3 Å². The molecule has 35 heavy (non-hydrogen) atoms. The third-order valence-corrected chi connectivity index (χ3v) is 6.49. The number of fused-ring (bicyclic) bond motifs is 3. The van der Waals surface area contributed by atoms with Crippen molar-refractivity contribution in [1.82, 2.24) is 10.2 Å². The van der Waals surface area contributed by atoms with Crippen LogP contribution in [0.25, 0.3) is 11.1 Å². The highest BCUT2D eigenvalue weighted by molar-refractivity contribution is 5.93. The van der Waals surface area contributed by atoms with Crippen molar-refractivity contribution in [3.8, 4) is 11.1 Å². The molecule has 1 fully saturated rings. The first kappa shape index (κ1) is 24.8. The maximum Gasteiger partial charge on any atom is 0.408 e. The number of nitrogens with zero attached hydrogens (tertiary/aromatic N) is 1. The third kappa shape index (κ3) is 5.19. The number of likely N-dealkylation sites (tertiary alicyclic amines) is 1. The second-order valence-corrected chi connectivity index (χ2v) is 10.8. The molecule has 2 amide bonds. The summed E-state index contributed by atoms with van der Waals surface area (Å²) < 4.78 is 11.1. The average molecular weight is 479 g/mol. The Kier molecular flexibility index (Phi) is 6.62. The minimum atomic E-state index is -1.24. The third-order valence-electron chi connectivity index (χ3n) is 6.49. The van der Waals surface area contributed by atoms with Crippen molar-refractivity contribution >= 4 is 18.0 Å². The lowest BCUT2D eigenvalue weighted by molar-refractivity contribution is -0.164. The van der Waals surface area contributed by atoms with Crippen LogP contribution in [-0.2, 0) is 19.1 Å². The average Bonchev–Trinajstić information content (AvgIpc) is 3.39. The molecule has 1 N–H and O–H groups in total. The van der Waals surface area contributed by atoms with Crippen LogP contribution in [0.5, 0.6) is 0 Å². The van der Waals surface area contributed by atoms with Gasteiger partial charge in [-0.1, -0.05) is 48.5 Å². The monoisotopic (exact) mass is 478 g/mol. The molecule has 2 aromatic rings. The number of alkyl carbamates (subject to hydrolysis) is 1. The van der Waals surface area contributed by atoms with Gasteiger partial charge in [-0.15, -0.1) is 0 Å². The highest BCUT2D eigenvalue weighted by Gasteiger charge is 2.43. The molecule has 1 atom stereocenters. The van der Waals surface area contributed by atoms with Crippen LogP contribution in [0.4, 0.5) is 4.79 Å². The number of benzene rings is 2. The Hall–Kier alpha value is -3.35. The van der Waals surface area contributed by atoms with Gasteiger partial charge >= 0.3 is 12.1 Å². The van der Waals surface area contributed by atoms with Crippen molar-refractivity contribution in [1.29, 1.82) is 0 Å². The van der Waals surface area contributed by atoms with E-state index in [-0.39, 0.29) is 18.4 Å². The summed E-state index contributed by atoms with van der Waals surface area (Å²) in [5.41, 5.74) is 2.66. The van der Waals surface area contributed by atoms with Crippen LogP contribution >= 0.6 is 0 Å². The van der Waals surface area contributed by atoms with E-state index in [1.54, 1.807) is 34.6 Å². The first-order valence-electron chi connectivity index (χ1n) is 12.1. The van der Waals surface area contributed by atoms with Gasteiger partial charge in [-0.3, -0.25) is 4.79 Å². The zero-order valence-corrected chi connectivity index (χ0v) is 21.1. The molecule has 186 valence electrons. The summed E-state index contributed by atoms with van der Waals surface area (Å²) in [6.07, 6.45) is 0.580. The van der Waals surface area contributed by atoms with Gasteiger partial charge in [0.25, 0.3) is 0 Å². The van der Waals surface area contributed by atoms with E-state index in [2.05, 4.69) is 29.6 Å². The molecular formula is C28H34N2O5. The van der Waals surface area contributed by atoms with Crippen LogP contribution in [0.15, 0.2) is 48.5 Å². The number of rotatable bonds is 5. The lowest BCUT2D eigenvalue weighted by Crippen LogP contribution is -2.58. The summed E-state index contributed by atoms with van der Waals surface area (Å²) in [5.74, 6) is -0.818. The normalized spacial score (nSPS) is 17.5. The standard InChI is InChI=1S/C28H34N2O5/c1-27(2,3)35-24(31)23-15-10-16-30(23)25(32)28(4,5)29-26(33)34-17-22-20-13-8-6-11-18(20)19-12-7-9-14-21(19)22/h6-9,11-14,22-23H,10,15-17H2,1-5H3,(H,29,33)/t23-/m0/s1. The first-order valence-corrected chi connectivity index (χ1v) is 12.1. The lowest BCUT2D eigenvalue weighted by atomic mass is 9.98. The van der Waals surface area contributed by atoms with Gasteiger partial charge in [-0.2, -0.15) is 0 Å². The predicted octanol–water partition coefficient (Wildman–Crippen LogP) is 4.64. The lowest BCUT2D eigenvalue weighted by Gasteiger charge is -2.33. The van der Waals surface area contributed by atoms with Crippen molar-refractivity contribution in [3.05, 3.63) is 59.7 Å². The van der Waals surface area contributed by atoms with Crippen molar-refractivity contribution in [2.75, 3.05) is 13.2 Å². The molecule has 0 radical (unpaired) electrons. The molecule has 0 bridgehead atoms. The van der Waals surface area contributed by atoms with Crippen LogP contribution < -0.4 is 5.32 Å². The Morgan fingerprint density at radius 3 is 2.09 bits per heavy atom. The molecule has 4 rings (SSSR count). The highest BCUT2D eigenvalue weighted by Crippen LogP contribution is 2.44. The number of nitrogens with one attached hydrogen (secondary N) is 1. The summed E-state index contributed by atoms with van der Waals surface area (Å²) in [7, 11) is 0. The number of hydrogen-bond acceptors (Lipinski definition) is 5. The molecule has 1 aliphatic heterocycles. The Labute approximate surface area is 206 Å². The van der Waals surface area contributed by atoms with Crippen molar-refractivity contribution in [2.24, 2.45) is 0 Å². The molecule has 0 aromatic heterocycles. The minimum absolute atomic E-state index is 0.0675. The molecule has 1 aliphatic carbocycles. The second-order valence-electron chi connectivity index (χ2n) is 10.8. The summed E-state index contributed by atoms with van der Waals surface area (Å²) in [4.78, 5) is 40.2. The quantitative estimate of drug-likeness (QED) is 0.633. The summed E-state index contributed by atoms with van der Waals surface area (Å²) in [6, 6.07) is 15.6. The fraction of sp³-hybridized carbons (Fsp3) is 0.464. The molecule has 0 spiro atoms. The highest BCUT2D eigenvalue weighted by atomic mass is 16.6. The van der Waals surface area contributed by atoms with Gasteiger partial charge in [0, 0.05) is 12.5 Å². The summed E-state index contributed by atoms with van der Waals surface area (Å²) in [5, 5.41) is 2.71. The molecule has 7 nitrogen and oxygen atoms in total. The molecule has 2 aliphatic rings. The van der Waals surface area contributed by atoms with Crippen LogP contribution in [0.2, 0.25) is 0 Å². The Balaban J connectivity index is 1.40. The van der Waals surface area contributed by atoms with Gasteiger partial charge in [0.15, 0.2) is 0 Å². The van der Waals surface area contributed by atoms with E-state index >= 15 is 0 Å². The van der Waals surface area contributed by atoms with Gasteiger partial charge in [0.2, 0.25) is 5.91 Å². The van der Waals surface area contributed by atoms with E-state index in [0.29, 0.717) is 19.4 Å². The minimum Gasteiger partial charge on any atom is -0.458 e. The van der Waals surface area contributed by atoms with E-state index in [9.17, 15) is 14.4 Å². The fourth-order valence-electron chi connectivity index (χ4n) is 4.93. The van der Waals surface area contributed by atoms with Crippen LogP contribution in [0.3, 0.4) is 0 Å². The van der Waals surface area contributed by atoms with Crippen molar-refractivity contribution < 1.29 is 23.9 Å². The van der Waals surface area contributed by atoms with Gasteiger partial charge < -0.3 is 19.7 Å². The number of ether oxygens (including phenoxy) is 2. The summed E-state index contributed by atoms with van der Waals surface area (Å²) in [6.45, 7) is 9.26. The molecule has 2 aromatic carbocycles. The molecule has 0 saturated carbocycles. The number of hydrogen-bond donors (Lipinski definition) is 1. The number of esters is 1. The number of amides is 2. The Morgan fingerprint density at radius 2 is 1.51 bits per heavy atom. The SMILES string of the molecule is CC(C)(C)OC(=O)[C@@H]1CCCN1C(=O)C(C)(C)NC(=O)OCC1c2ccccc2-c2ccccc21. The molecular weight excluding hydrogens is 444 g/mol. The van der Waals surface area contributed by atoms with Crippen molar-refractivity contribution in [3.63, 3.8) is 0 Å². The first-order chi connectivity index (χ1) is 16.5. The van der Waals surface area contributed by atoms with Crippen molar-refractivity contribution in [2.45, 2.75) is 70.6 Å². The van der Waals surface area contributed by atoms with Gasteiger partial charge in [0.1, 0.15) is 23.8 Å². The van der Waals surface area contributed by atoms with E-state index < -0.39 is 29.2 Å². The van der Waals surface area contributed by atoms with Crippen LogP contribution in [-0.4, -0.2) is 53.2 Å². The number of carbonyl (C=O) groups excluding carboxylic acids is 3. The maximum absolute atomic E-state index is 13.3. The smallest absolute Gasteiger partial charge is 0.408 e. The largest absolute Gasteiger partial charge is 0.458 e. The maximum atomic E-state index is 13.3. The topological polar surface area (TPSA) is 84.9 Å². The molecule has 1 heterocycles. The fourth-order valence-corrected chi connectivity index (χ4v) is 4.93.